The molecule has 16 heavy (non-hydrogen) atoms. The number of hydrogen-bond acceptors (Lipinski definition) is 2. The van der Waals surface area contributed by atoms with Crippen LogP contribution >= 0.6 is 0 Å². The van der Waals surface area contributed by atoms with Gasteiger partial charge in [-0.2, -0.15) is 0 Å². The summed E-state index contributed by atoms with van der Waals surface area (Å²) in [6.07, 6.45) is 1.73. The predicted molar refractivity (Wildman–Crippen MR) is 54.5 cm³/mol. The normalized spacial score (nSPS) is 17.4. The first-order valence-corrected chi connectivity index (χ1v) is 5.24. The average molecular weight is 226 g/mol. The molecule has 0 aromatic heterocycles. The van der Waals surface area contributed by atoms with E-state index in [1.165, 1.54) is 12.1 Å². The zero-order chi connectivity index (χ0) is 11.5. The maximum Gasteiger partial charge on any atom is 0.155 e. The van der Waals surface area contributed by atoms with E-state index in [0.29, 0.717) is 18.8 Å². The minimum Gasteiger partial charge on any atom is -0.381 e. The van der Waals surface area contributed by atoms with Crippen LogP contribution in [0.4, 0.5) is 8.78 Å². The van der Waals surface area contributed by atoms with E-state index in [0.717, 1.165) is 12.8 Å². The van der Waals surface area contributed by atoms with Gasteiger partial charge in [0.2, 0.25) is 0 Å². The van der Waals surface area contributed by atoms with E-state index < -0.39 is 17.2 Å². The number of halogens is 2. The third-order valence-corrected chi connectivity index (χ3v) is 2.91. The van der Waals surface area contributed by atoms with Crippen LogP contribution in [0.3, 0.4) is 0 Å². The lowest BCUT2D eigenvalue weighted by Crippen LogP contribution is -2.14. The quantitative estimate of drug-likeness (QED) is 0.725. The number of carbonyl (C=O) groups excluding carboxylic acids is 1. The molecule has 0 unspecified atom stereocenters. The molecule has 0 N–H and O–H groups in total. The van der Waals surface area contributed by atoms with Crippen LogP contribution in [0.2, 0.25) is 0 Å². The Balaban J connectivity index is 2.31. The van der Waals surface area contributed by atoms with Crippen molar-refractivity contribution in [3.8, 4) is 0 Å². The predicted octanol–water partition coefficient (Wildman–Crippen LogP) is 2.67. The average Bonchev–Trinajstić information content (AvgIpc) is 2.30. The summed E-state index contributed by atoms with van der Waals surface area (Å²) in [5.74, 6) is -1.44. The molecule has 0 amide bonds. The van der Waals surface area contributed by atoms with E-state index in [1.54, 1.807) is 0 Å². The van der Waals surface area contributed by atoms with E-state index >= 15 is 0 Å². The SMILES string of the molecule is O=Cc1c(F)cc(C2CCOCC2)cc1F. The zero-order valence-corrected chi connectivity index (χ0v) is 8.71. The third kappa shape index (κ3) is 2.11. The number of hydrogen-bond donors (Lipinski definition) is 0. The van der Waals surface area contributed by atoms with Gasteiger partial charge in [-0.3, -0.25) is 4.79 Å². The van der Waals surface area contributed by atoms with Gasteiger partial charge in [0.15, 0.2) is 6.29 Å². The lowest BCUT2D eigenvalue weighted by Gasteiger charge is -2.22. The Bertz CT molecular complexity index is 375. The van der Waals surface area contributed by atoms with Crippen molar-refractivity contribution in [3.05, 3.63) is 34.9 Å². The van der Waals surface area contributed by atoms with Gasteiger partial charge >= 0.3 is 0 Å². The van der Waals surface area contributed by atoms with Gasteiger partial charge in [-0.15, -0.1) is 0 Å². The molecule has 1 aromatic carbocycles. The summed E-state index contributed by atoms with van der Waals surface area (Å²) in [6, 6.07) is 2.51. The molecule has 0 aliphatic carbocycles. The highest BCUT2D eigenvalue weighted by molar-refractivity contribution is 5.75. The number of aldehydes is 1. The van der Waals surface area contributed by atoms with Crippen molar-refractivity contribution in [2.75, 3.05) is 13.2 Å². The highest BCUT2D eigenvalue weighted by Gasteiger charge is 2.19. The molecule has 0 saturated carbocycles. The fourth-order valence-corrected chi connectivity index (χ4v) is 1.98. The molecule has 0 spiro atoms. The van der Waals surface area contributed by atoms with Crippen LogP contribution in [-0.4, -0.2) is 19.5 Å². The van der Waals surface area contributed by atoms with E-state index in [-0.39, 0.29) is 12.2 Å². The lowest BCUT2D eigenvalue weighted by molar-refractivity contribution is 0.0851. The van der Waals surface area contributed by atoms with Crippen LogP contribution in [0.1, 0.15) is 34.7 Å². The van der Waals surface area contributed by atoms with Crippen molar-refractivity contribution in [2.24, 2.45) is 0 Å². The number of benzene rings is 1. The summed E-state index contributed by atoms with van der Waals surface area (Å²) in [5.41, 5.74) is 0.125. The minimum atomic E-state index is -0.781. The van der Waals surface area contributed by atoms with E-state index in [1.807, 2.05) is 0 Å². The molecule has 1 aliphatic heterocycles. The van der Waals surface area contributed by atoms with Gasteiger partial charge in [0, 0.05) is 13.2 Å². The molecule has 1 aromatic rings. The maximum atomic E-state index is 13.4. The molecule has 0 bridgehead atoms. The van der Waals surface area contributed by atoms with Gasteiger partial charge in [0.1, 0.15) is 11.6 Å². The van der Waals surface area contributed by atoms with Crippen LogP contribution in [-0.2, 0) is 4.74 Å². The standard InChI is InChI=1S/C12H12F2O2/c13-11-5-9(6-12(14)10(11)7-15)8-1-3-16-4-2-8/h5-8H,1-4H2. The summed E-state index contributed by atoms with van der Waals surface area (Å²) in [6.45, 7) is 1.23. The molecule has 0 radical (unpaired) electrons. The Kier molecular flexibility index (Phi) is 3.29. The van der Waals surface area contributed by atoms with Gasteiger partial charge in [-0.25, -0.2) is 8.78 Å². The molecule has 86 valence electrons. The molecular weight excluding hydrogens is 214 g/mol. The van der Waals surface area contributed by atoms with Crippen LogP contribution in [0.5, 0.6) is 0 Å². The Morgan fingerprint density at radius 3 is 2.25 bits per heavy atom. The number of carbonyl (C=O) groups is 1. The topological polar surface area (TPSA) is 26.3 Å². The van der Waals surface area contributed by atoms with Crippen LogP contribution in [0, 0.1) is 11.6 Å². The van der Waals surface area contributed by atoms with Crippen molar-refractivity contribution in [1.82, 2.24) is 0 Å². The maximum absolute atomic E-state index is 13.4. The first-order chi connectivity index (χ1) is 7.72. The fourth-order valence-electron chi connectivity index (χ4n) is 1.98. The van der Waals surface area contributed by atoms with Gasteiger partial charge in [-0.05, 0) is 36.5 Å². The second-order valence-corrected chi connectivity index (χ2v) is 3.90. The van der Waals surface area contributed by atoms with Crippen LogP contribution in [0.15, 0.2) is 12.1 Å². The van der Waals surface area contributed by atoms with E-state index in [4.69, 9.17) is 4.74 Å². The summed E-state index contributed by atoms with van der Waals surface area (Å²) in [7, 11) is 0. The highest BCUT2D eigenvalue weighted by atomic mass is 19.1. The molecule has 1 saturated heterocycles. The fraction of sp³-hybridized carbons (Fsp3) is 0.417. The first kappa shape index (κ1) is 11.2. The monoisotopic (exact) mass is 226 g/mol. The van der Waals surface area contributed by atoms with Gasteiger partial charge in [0.25, 0.3) is 0 Å². The second-order valence-electron chi connectivity index (χ2n) is 3.90. The van der Waals surface area contributed by atoms with Gasteiger partial charge < -0.3 is 4.74 Å². The Labute approximate surface area is 92.2 Å². The zero-order valence-electron chi connectivity index (χ0n) is 8.71. The van der Waals surface area contributed by atoms with Crippen molar-refractivity contribution >= 4 is 6.29 Å². The molecule has 2 nitrogen and oxygen atoms in total. The molecule has 1 aliphatic rings. The Morgan fingerprint density at radius 2 is 1.75 bits per heavy atom. The number of rotatable bonds is 2. The minimum absolute atomic E-state index is 0.124. The summed E-state index contributed by atoms with van der Waals surface area (Å²) < 4.78 is 31.9. The molecule has 2 rings (SSSR count). The smallest absolute Gasteiger partial charge is 0.155 e. The highest BCUT2D eigenvalue weighted by Crippen LogP contribution is 2.28. The summed E-state index contributed by atoms with van der Waals surface area (Å²) in [5, 5.41) is 0. The van der Waals surface area contributed by atoms with E-state index in [2.05, 4.69) is 0 Å². The molecular formula is C12H12F2O2. The van der Waals surface area contributed by atoms with Crippen molar-refractivity contribution in [1.29, 1.82) is 0 Å². The molecule has 0 atom stereocenters. The van der Waals surface area contributed by atoms with Gasteiger partial charge in [0.05, 0.1) is 5.56 Å². The Morgan fingerprint density at radius 1 is 1.19 bits per heavy atom. The molecule has 4 heteroatoms. The van der Waals surface area contributed by atoms with Crippen molar-refractivity contribution in [3.63, 3.8) is 0 Å². The molecule has 1 heterocycles. The first-order valence-electron chi connectivity index (χ1n) is 5.24. The van der Waals surface area contributed by atoms with Crippen LogP contribution in [0.25, 0.3) is 0 Å². The van der Waals surface area contributed by atoms with Gasteiger partial charge in [-0.1, -0.05) is 0 Å². The third-order valence-electron chi connectivity index (χ3n) is 2.91. The number of ether oxygens (including phenoxy) is 1. The lowest BCUT2D eigenvalue weighted by atomic mass is 9.91. The van der Waals surface area contributed by atoms with E-state index in [9.17, 15) is 13.6 Å². The Hall–Kier alpha value is -1.29. The summed E-state index contributed by atoms with van der Waals surface area (Å²) >= 11 is 0. The second kappa shape index (κ2) is 4.70. The molecule has 1 fully saturated rings. The summed E-state index contributed by atoms with van der Waals surface area (Å²) in [4.78, 5) is 10.4. The largest absolute Gasteiger partial charge is 0.381 e. The van der Waals surface area contributed by atoms with Crippen molar-refractivity contribution < 1.29 is 18.3 Å². The van der Waals surface area contributed by atoms with Crippen LogP contribution < -0.4 is 0 Å². The van der Waals surface area contributed by atoms with Crippen molar-refractivity contribution in [2.45, 2.75) is 18.8 Å².